The Morgan fingerprint density at radius 1 is 1.22 bits per heavy atom. The van der Waals surface area contributed by atoms with Gasteiger partial charge in [-0.2, -0.15) is 0 Å². The topological polar surface area (TPSA) is 96.5 Å². The number of carbonyl (C=O) groups is 2. The number of piperidine rings is 1. The Hall–Kier alpha value is -3.44. The average molecular weight is 516 g/mol. The lowest BCUT2D eigenvalue weighted by Gasteiger charge is -2.36. The number of ether oxygens (including phenoxy) is 1. The summed E-state index contributed by atoms with van der Waals surface area (Å²) in [6.07, 6.45) is 4.06. The van der Waals surface area contributed by atoms with Crippen LogP contribution in [0.3, 0.4) is 0 Å². The quantitative estimate of drug-likeness (QED) is 0.483. The Morgan fingerprint density at radius 2 is 1.97 bits per heavy atom. The molecule has 1 fully saturated rings. The van der Waals surface area contributed by atoms with Gasteiger partial charge in [-0.25, -0.2) is 18.6 Å². The van der Waals surface area contributed by atoms with Crippen LogP contribution in [-0.4, -0.2) is 46.7 Å². The van der Waals surface area contributed by atoms with Crippen LogP contribution in [0.2, 0.25) is 0 Å². The number of anilines is 2. The van der Waals surface area contributed by atoms with Gasteiger partial charge in [0.05, 0.1) is 29.2 Å². The predicted molar refractivity (Wildman–Crippen MR) is 134 cm³/mol. The van der Waals surface area contributed by atoms with Crippen LogP contribution < -0.4 is 15.5 Å². The van der Waals surface area contributed by atoms with Gasteiger partial charge in [-0.05, 0) is 58.4 Å². The molecule has 3 aromatic rings. The second kappa shape index (κ2) is 10.7. The van der Waals surface area contributed by atoms with Crippen molar-refractivity contribution in [3.63, 3.8) is 0 Å². The molecule has 2 aromatic heterocycles. The van der Waals surface area contributed by atoms with Gasteiger partial charge in [0.1, 0.15) is 27.9 Å². The monoisotopic (exact) mass is 515 g/mol. The maximum atomic E-state index is 14.2. The summed E-state index contributed by atoms with van der Waals surface area (Å²) in [5.41, 5.74) is -0.310. The molecule has 1 aromatic carbocycles. The number of amides is 2. The van der Waals surface area contributed by atoms with Crippen molar-refractivity contribution in [2.75, 3.05) is 23.3 Å². The Morgan fingerprint density at radius 3 is 2.64 bits per heavy atom. The van der Waals surface area contributed by atoms with E-state index in [1.165, 1.54) is 28.7 Å². The molecule has 2 N–H and O–H groups in total. The number of halogens is 2. The molecule has 0 spiro atoms. The number of benzene rings is 1. The van der Waals surface area contributed by atoms with E-state index in [1.807, 2.05) is 0 Å². The molecule has 8 nitrogen and oxygen atoms in total. The van der Waals surface area contributed by atoms with Crippen molar-refractivity contribution >= 4 is 34.7 Å². The van der Waals surface area contributed by atoms with Gasteiger partial charge in [0.25, 0.3) is 5.91 Å². The Kier molecular flexibility index (Phi) is 7.60. The highest BCUT2D eigenvalue weighted by atomic mass is 32.1. The van der Waals surface area contributed by atoms with Crippen LogP contribution >= 0.6 is 11.3 Å². The summed E-state index contributed by atoms with van der Waals surface area (Å²) in [4.78, 5) is 36.1. The third-order valence-electron chi connectivity index (χ3n) is 5.45. The first kappa shape index (κ1) is 25.6. The molecule has 1 saturated heterocycles. The standard InChI is InChI=1S/C25H27F2N5O3S/c1-25(2,3)35-24(34)32(15-6-5-10-28-12-15)20-9-11-29-13-18(20)30-22(33)19-14-36-23(31-19)21-16(26)7-4-8-17(21)27/h4,7-9,11,13-15,28H,5-6,10,12H2,1-3H3,(H,30,33). The van der Waals surface area contributed by atoms with E-state index in [9.17, 15) is 18.4 Å². The summed E-state index contributed by atoms with van der Waals surface area (Å²) in [5, 5.41) is 7.50. The van der Waals surface area contributed by atoms with E-state index in [1.54, 1.807) is 26.8 Å². The minimum Gasteiger partial charge on any atom is -0.443 e. The second-order valence-corrected chi connectivity index (χ2v) is 10.2. The highest BCUT2D eigenvalue weighted by Crippen LogP contribution is 2.32. The molecule has 11 heteroatoms. The van der Waals surface area contributed by atoms with Crippen molar-refractivity contribution in [3.05, 3.63) is 59.4 Å². The molecule has 1 aliphatic heterocycles. The van der Waals surface area contributed by atoms with Crippen molar-refractivity contribution in [2.45, 2.75) is 45.3 Å². The van der Waals surface area contributed by atoms with Crippen LogP contribution in [-0.2, 0) is 4.74 Å². The SMILES string of the molecule is CC(C)(C)OC(=O)N(c1ccncc1NC(=O)c1csc(-c2c(F)cccc2F)n1)C1CCCNC1. The van der Waals surface area contributed by atoms with Gasteiger partial charge in [-0.1, -0.05) is 6.07 Å². The molecule has 2 amide bonds. The number of thiazole rings is 1. The summed E-state index contributed by atoms with van der Waals surface area (Å²) in [6.45, 7) is 6.78. The zero-order valence-electron chi connectivity index (χ0n) is 20.2. The molecular formula is C25H27F2N5O3S. The number of nitrogens with one attached hydrogen (secondary N) is 2. The third-order valence-corrected chi connectivity index (χ3v) is 6.31. The van der Waals surface area contributed by atoms with Gasteiger partial charge in [0.15, 0.2) is 0 Å². The van der Waals surface area contributed by atoms with E-state index in [0.717, 1.165) is 42.9 Å². The Labute approximate surface area is 211 Å². The number of pyridine rings is 1. The zero-order valence-corrected chi connectivity index (χ0v) is 21.0. The zero-order chi connectivity index (χ0) is 25.9. The molecular weight excluding hydrogens is 488 g/mol. The number of aromatic nitrogens is 2. The van der Waals surface area contributed by atoms with E-state index in [0.29, 0.717) is 12.2 Å². The van der Waals surface area contributed by atoms with Crippen LogP contribution in [0.25, 0.3) is 10.6 Å². The normalized spacial score (nSPS) is 15.9. The largest absolute Gasteiger partial charge is 0.443 e. The summed E-state index contributed by atoms with van der Waals surface area (Å²) < 4.78 is 34.0. The number of nitrogens with zero attached hydrogens (tertiary/aromatic N) is 3. The van der Waals surface area contributed by atoms with E-state index in [-0.39, 0.29) is 28.0 Å². The predicted octanol–water partition coefficient (Wildman–Crippen LogP) is 5.23. The maximum Gasteiger partial charge on any atom is 0.415 e. The summed E-state index contributed by atoms with van der Waals surface area (Å²) in [5.74, 6) is -2.13. The molecule has 0 saturated carbocycles. The van der Waals surface area contributed by atoms with E-state index in [2.05, 4.69) is 20.6 Å². The van der Waals surface area contributed by atoms with E-state index < -0.39 is 29.2 Å². The molecule has 1 unspecified atom stereocenters. The number of carbonyl (C=O) groups excluding carboxylic acids is 2. The Bertz CT molecular complexity index is 1230. The second-order valence-electron chi connectivity index (χ2n) is 9.33. The minimum atomic E-state index is -0.764. The van der Waals surface area contributed by atoms with Gasteiger partial charge in [0, 0.05) is 18.1 Å². The lowest BCUT2D eigenvalue weighted by Crippen LogP contribution is -2.50. The molecule has 4 rings (SSSR count). The first-order valence-electron chi connectivity index (χ1n) is 11.5. The third kappa shape index (κ3) is 5.85. The van der Waals surface area contributed by atoms with Crippen LogP contribution in [0.1, 0.15) is 44.1 Å². The van der Waals surface area contributed by atoms with E-state index in [4.69, 9.17) is 4.74 Å². The molecule has 1 atom stereocenters. The lowest BCUT2D eigenvalue weighted by atomic mass is 10.1. The van der Waals surface area contributed by atoms with Crippen LogP contribution in [0, 0.1) is 11.6 Å². The highest BCUT2D eigenvalue weighted by molar-refractivity contribution is 7.13. The van der Waals surface area contributed by atoms with Gasteiger partial charge in [-0.15, -0.1) is 11.3 Å². The summed E-state index contributed by atoms with van der Waals surface area (Å²) >= 11 is 0.954. The fraction of sp³-hybridized carbons (Fsp3) is 0.360. The van der Waals surface area contributed by atoms with Gasteiger partial charge >= 0.3 is 6.09 Å². The molecule has 0 aliphatic carbocycles. The van der Waals surface area contributed by atoms with Crippen molar-refractivity contribution in [1.82, 2.24) is 15.3 Å². The van der Waals surface area contributed by atoms with E-state index >= 15 is 0 Å². The molecule has 190 valence electrons. The van der Waals surface area contributed by atoms with Gasteiger partial charge in [-0.3, -0.25) is 14.7 Å². The van der Waals surface area contributed by atoms with Crippen molar-refractivity contribution in [1.29, 1.82) is 0 Å². The summed E-state index contributed by atoms with van der Waals surface area (Å²) in [6, 6.07) is 4.97. The fourth-order valence-electron chi connectivity index (χ4n) is 3.88. The molecule has 1 aliphatic rings. The number of hydrogen-bond donors (Lipinski definition) is 2. The van der Waals surface area contributed by atoms with Crippen molar-refractivity contribution in [3.8, 4) is 10.6 Å². The summed E-state index contributed by atoms with van der Waals surface area (Å²) in [7, 11) is 0. The van der Waals surface area contributed by atoms with Crippen molar-refractivity contribution in [2.24, 2.45) is 0 Å². The van der Waals surface area contributed by atoms with Gasteiger partial charge in [0.2, 0.25) is 0 Å². The maximum absolute atomic E-state index is 14.2. The van der Waals surface area contributed by atoms with Crippen LogP contribution in [0.15, 0.2) is 42.0 Å². The van der Waals surface area contributed by atoms with Crippen LogP contribution in [0.5, 0.6) is 0 Å². The smallest absolute Gasteiger partial charge is 0.415 e. The van der Waals surface area contributed by atoms with Crippen LogP contribution in [0.4, 0.5) is 25.0 Å². The first-order chi connectivity index (χ1) is 17.1. The lowest BCUT2D eigenvalue weighted by molar-refractivity contribution is 0.0560. The van der Waals surface area contributed by atoms with Gasteiger partial charge < -0.3 is 15.4 Å². The molecule has 36 heavy (non-hydrogen) atoms. The fourth-order valence-corrected chi connectivity index (χ4v) is 4.73. The molecule has 0 radical (unpaired) electrons. The number of rotatable bonds is 5. The van der Waals surface area contributed by atoms with Crippen molar-refractivity contribution < 1.29 is 23.1 Å². The highest BCUT2D eigenvalue weighted by Gasteiger charge is 2.32. The minimum absolute atomic E-state index is 0.0180. The Balaban J connectivity index is 1.62. The molecule has 3 heterocycles. The molecule has 0 bridgehead atoms. The number of hydrogen-bond acceptors (Lipinski definition) is 7. The first-order valence-corrected chi connectivity index (χ1v) is 12.4. The average Bonchev–Trinajstić information content (AvgIpc) is 3.30.